The molecule has 1 unspecified atom stereocenters. The van der Waals surface area contributed by atoms with Crippen molar-refractivity contribution in [3.8, 4) is 28.6 Å². The highest BCUT2D eigenvalue weighted by Crippen LogP contribution is 2.44. The van der Waals surface area contributed by atoms with Gasteiger partial charge in [0.2, 0.25) is 5.16 Å². The number of amides is 1. The molecule has 0 saturated heterocycles. The first-order valence-electron chi connectivity index (χ1n) is 12.5. The second-order valence-corrected chi connectivity index (χ2v) is 10.4. The van der Waals surface area contributed by atoms with Crippen LogP contribution in [-0.2, 0) is 4.79 Å². The number of fused-ring (bicyclic) bond motifs is 1. The van der Waals surface area contributed by atoms with Gasteiger partial charge in [-0.25, -0.2) is 4.99 Å². The molecular weight excluding hydrogens is 544 g/mol. The van der Waals surface area contributed by atoms with Crippen molar-refractivity contribution in [3.05, 3.63) is 113 Å². The molecule has 1 amide bonds. The number of methoxy groups -OCH3 is 2. The Morgan fingerprint density at radius 2 is 1.52 bits per heavy atom. The van der Waals surface area contributed by atoms with E-state index in [2.05, 4.69) is 15.2 Å². The third-order valence-electron chi connectivity index (χ3n) is 6.57. The van der Waals surface area contributed by atoms with Crippen LogP contribution in [0, 0.1) is 5.92 Å². The van der Waals surface area contributed by atoms with Crippen molar-refractivity contribution in [2.24, 2.45) is 10.9 Å². The van der Waals surface area contributed by atoms with Gasteiger partial charge in [-0.1, -0.05) is 66.2 Å². The van der Waals surface area contributed by atoms with Gasteiger partial charge in [-0.3, -0.25) is 9.36 Å². The number of carbonyl (C=O) groups is 1. The fourth-order valence-electron chi connectivity index (χ4n) is 4.72. The first kappa shape index (κ1) is 25.9. The number of carbonyl (C=O) groups excluding carboxylic acids is 1. The van der Waals surface area contributed by atoms with Crippen molar-refractivity contribution in [2.75, 3.05) is 14.2 Å². The minimum atomic E-state index is -0.335. The fraction of sp³-hybridized carbons (Fsp3) is 0.0968. The third-order valence-corrected chi connectivity index (χ3v) is 7.87. The molecule has 4 aromatic rings. The van der Waals surface area contributed by atoms with Crippen molar-refractivity contribution in [1.29, 1.82) is 0 Å². The molecule has 9 heteroatoms. The Bertz CT molecular complexity index is 1700. The van der Waals surface area contributed by atoms with Crippen LogP contribution in [0.4, 0.5) is 0 Å². The monoisotopic (exact) mass is 566 g/mol. The maximum absolute atomic E-state index is 13.6. The number of aromatic nitrogens is 3. The number of thioether (sulfide) groups is 1. The molecule has 3 aromatic carbocycles. The summed E-state index contributed by atoms with van der Waals surface area (Å²) in [6.45, 7) is 0. The quantitative estimate of drug-likeness (QED) is 0.246. The molecule has 0 radical (unpaired) electrons. The summed E-state index contributed by atoms with van der Waals surface area (Å²) in [7, 11) is 3.20. The fourth-order valence-corrected chi connectivity index (χ4v) is 5.94. The van der Waals surface area contributed by atoms with Crippen LogP contribution in [0.25, 0.3) is 22.6 Å². The van der Waals surface area contributed by atoms with E-state index in [1.807, 2.05) is 83.4 Å². The van der Waals surface area contributed by atoms with Gasteiger partial charge in [0.25, 0.3) is 5.91 Å². The number of benzene rings is 3. The molecule has 0 bridgehead atoms. The lowest BCUT2D eigenvalue weighted by molar-refractivity contribution is -0.113. The summed E-state index contributed by atoms with van der Waals surface area (Å²) in [6, 6.07) is 25.1. The Morgan fingerprint density at radius 1 is 0.850 bits per heavy atom. The van der Waals surface area contributed by atoms with E-state index in [9.17, 15) is 4.79 Å². The number of dihydropyridines is 1. The molecule has 6 rings (SSSR count). The van der Waals surface area contributed by atoms with Gasteiger partial charge in [0.15, 0.2) is 5.82 Å². The van der Waals surface area contributed by atoms with Crippen LogP contribution in [0.3, 0.4) is 0 Å². The van der Waals surface area contributed by atoms with Gasteiger partial charge < -0.3 is 9.47 Å². The smallest absolute Gasteiger partial charge is 0.284 e. The van der Waals surface area contributed by atoms with Gasteiger partial charge in [-0.15, -0.1) is 10.2 Å². The molecule has 2 aliphatic rings. The van der Waals surface area contributed by atoms with Crippen molar-refractivity contribution in [2.45, 2.75) is 5.16 Å². The van der Waals surface area contributed by atoms with E-state index in [0.29, 0.717) is 38.1 Å². The van der Waals surface area contributed by atoms with E-state index >= 15 is 0 Å². The average Bonchev–Trinajstić information content (AvgIpc) is 3.42. The summed E-state index contributed by atoms with van der Waals surface area (Å²) in [5.41, 5.74) is 3.99. The van der Waals surface area contributed by atoms with Crippen molar-refractivity contribution < 1.29 is 14.3 Å². The number of rotatable bonds is 7. The topological polar surface area (TPSA) is 78.6 Å². The zero-order valence-electron chi connectivity index (χ0n) is 21.6. The normalized spacial score (nSPS) is 16.4. The van der Waals surface area contributed by atoms with E-state index in [0.717, 1.165) is 22.4 Å². The van der Waals surface area contributed by atoms with Gasteiger partial charge in [-0.2, -0.15) is 0 Å². The van der Waals surface area contributed by atoms with Crippen LogP contribution in [0.1, 0.15) is 5.56 Å². The van der Waals surface area contributed by atoms with Crippen molar-refractivity contribution >= 4 is 40.6 Å². The zero-order chi connectivity index (χ0) is 27.6. The highest BCUT2D eigenvalue weighted by atomic mass is 35.5. The Balaban J connectivity index is 1.54. The molecule has 198 valence electrons. The number of para-hydroxylation sites is 1. The maximum atomic E-state index is 13.6. The first-order chi connectivity index (χ1) is 19.6. The van der Waals surface area contributed by atoms with Gasteiger partial charge in [0.1, 0.15) is 11.5 Å². The Morgan fingerprint density at radius 3 is 2.20 bits per heavy atom. The summed E-state index contributed by atoms with van der Waals surface area (Å²) in [5, 5.41) is 10.2. The summed E-state index contributed by atoms with van der Waals surface area (Å²) in [6.07, 6.45) is 5.48. The summed E-state index contributed by atoms with van der Waals surface area (Å²) in [4.78, 5) is 18.5. The molecule has 0 fully saturated rings. The predicted molar refractivity (Wildman–Crippen MR) is 158 cm³/mol. The van der Waals surface area contributed by atoms with Crippen molar-refractivity contribution in [1.82, 2.24) is 14.8 Å². The second kappa shape index (κ2) is 11.0. The Labute approximate surface area is 240 Å². The van der Waals surface area contributed by atoms with Gasteiger partial charge in [0.05, 0.1) is 24.8 Å². The Kier molecular flexibility index (Phi) is 7.11. The highest BCUT2D eigenvalue weighted by Gasteiger charge is 2.34. The number of nitrogens with zero attached hydrogens (tertiary/aromatic N) is 4. The molecule has 7 nitrogen and oxygen atoms in total. The predicted octanol–water partition coefficient (Wildman–Crippen LogP) is 6.74. The molecule has 1 atom stereocenters. The van der Waals surface area contributed by atoms with Crippen LogP contribution < -0.4 is 9.47 Å². The molecular formula is C31H23ClN4O3S. The summed E-state index contributed by atoms with van der Waals surface area (Å²) < 4.78 is 12.9. The average molecular weight is 567 g/mol. The number of allylic oxidation sites excluding steroid dienone is 5. The van der Waals surface area contributed by atoms with Crippen molar-refractivity contribution in [3.63, 3.8) is 0 Å². The first-order valence-corrected chi connectivity index (χ1v) is 13.6. The van der Waals surface area contributed by atoms with Crippen LogP contribution in [-0.4, -0.2) is 40.6 Å². The number of aliphatic imine (C=N–C) groups is 1. The minimum absolute atomic E-state index is 0.268. The zero-order valence-corrected chi connectivity index (χ0v) is 23.2. The van der Waals surface area contributed by atoms with Gasteiger partial charge >= 0.3 is 0 Å². The number of ether oxygens (including phenoxy) is 2. The molecule has 0 N–H and O–H groups in total. The molecule has 2 heterocycles. The standard InChI is InChI=1S/C31H23ClN4O3S/c1-38-23-15-20(16-24(18-23)39-2)29-34-35-31(36(29)22-11-7-4-8-12-22)40-28-27(19-9-5-3-6-10-19)25-17-21(32)13-14-26(25)33-30(28)37/h3-18,25H,1-2H3. The summed E-state index contributed by atoms with van der Waals surface area (Å²) >= 11 is 7.66. The van der Waals surface area contributed by atoms with E-state index in [-0.39, 0.29) is 11.8 Å². The second-order valence-electron chi connectivity index (χ2n) is 8.99. The van der Waals surface area contributed by atoms with E-state index in [4.69, 9.17) is 21.1 Å². The lowest BCUT2D eigenvalue weighted by Gasteiger charge is -2.26. The molecule has 1 aliphatic carbocycles. The molecule has 0 spiro atoms. The third kappa shape index (κ3) is 4.87. The van der Waals surface area contributed by atoms with Crippen LogP contribution >= 0.6 is 23.4 Å². The largest absolute Gasteiger partial charge is 0.497 e. The number of hydrogen-bond donors (Lipinski definition) is 0. The lowest BCUT2D eigenvalue weighted by Crippen LogP contribution is -2.23. The van der Waals surface area contributed by atoms with E-state index < -0.39 is 0 Å². The van der Waals surface area contributed by atoms with Crippen LogP contribution in [0.15, 0.2) is 117 Å². The number of hydrogen-bond acceptors (Lipinski definition) is 6. The van der Waals surface area contributed by atoms with Gasteiger partial charge in [-0.05, 0) is 59.3 Å². The van der Waals surface area contributed by atoms with Crippen LogP contribution in [0.5, 0.6) is 11.5 Å². The highest BCUT2D eigenvalue weighted by molar-refractivity contribution is 8.04. The molecule has 1 aromatic heterocycles. The van der Waals surface area contributed by atoms with Crippen LogP contribution in [0.2, 0.25) is 0 Å². The molecule has 1 aliphatic heterocycles. The molecule has 0 saturated carbocycles. The lowest BCUT2D eigenvalue weighted by atomic mass is 9.84. The molecule has 40 heavy (non-hydrogen) atoms. The summed E-state index contributed by atoms with van der Waals surface area (Å²) in [5.74, 6) is 1.22. The van der Waals surface area contributed by atoms with Gasteiger partial charge in [0, 0.05) is 28.3 Å². The van der Waals surface area contributed by atoms with E-state index in [1.165, 1.54) is 11.8 Å². The Hall–Kier alpha value is -4.40. The van der Waals surface area contributed by atoms with E-state index in [1.54, 1.807) is 32.4 Å². The minimum Gasteiger partial charge on any atom is -0.497 e. The SMILES string of the molecule is COc1cc(OC)cc(-c2nnc(SC3=C(c4ccccc4)C4C=C(Cl)C=CC4=NC3=O)n2-c2ccccc2)c1. The maximum Gasteiger partial charge on any atom is 0.284 e. The number of halogens is 1.